The number of aryl methyl sites for hydroxylation is 1. The van der Waals surface area contributed by atoms with Crippen LogP contribution in [0, 0.1) is 12.7 Å². The molecule has 122 valence electrons. The van der Waals surface area contributed by atoms with E-state index in [2.05, 4.69) is 5.32 Å². The Kier molecular flexibility index (Phi) is 6.25. The van der Waals surface area contributed by atoms with Crippen molar-refractivity contribution in [1.29, 1.82) is 0 Å². The Balaban J connectivity index is 1.76. The number of ether oxygens (including phenoxy) is 1. The Bertz CT molecular complexity index is 707. The van der Waals surface area contributed by atoms with Crippen LogP contribution < -0.4 is 10.1 Å². The van der Waals surface area contributed by atoms with E-state index in [1.807, 2.05) is 13.0 Å². The smallest absolute Gasteiger partial charge is 0.224 e. The molecule has 0 fully saturated rings. The van der Waals surface area contributed by atoms with Crippen LogP contribution >= 0.6 is 23.2 Å². The van der Waals surface area contributed by atoms with Crippen LogP contribution in [0.4, 0.5) is 10.1 Å². The molecule has 0 atom stereocenters. The second kappa shape index (κ2) is 8.18. The lowest BCUT2D eigenvalue weighted by atomic mass is 10.2. The van der Waals surface area contributed by atoms with Gasteiger partial charge in [-0.3, -0.25) is 4.79 Å². The van der Waals surface area contributed by atoms with Crippen LogP contribution in [-0.2, 0) is 4.79 Å². The average Bonchev–Trinajstić information content (AvgIpc) is 2.48. The fraction of sp³-hybridized carbons (Fsp3) is 0.235. The highest BCUT2D eigenvalue weighted by molar-refractivity contribution is 6.31. The molecule has 0 aromatic heterocycles. The Morgan fingerprint density at radius 1 is 1.17 bits per heavy atom. The Morgan fingerprint density at radius 3 is 2.57 bits per heavy atom. The third-order valence-corrected chi connectivity index (χ3v) is 3.62. The minimum Gasteiger partial charge on any atom is -0.493 e. The summed E-state index contributed by atoms with van der Waals surface area (Å²) in [7, 11) is 0. The Hall–Kier alpha value is -1.78. The van der Waals surface area contributed by atoms with E-state index in [1.54, 1.807) is 12.1 Å². The molecule has 23 heavy (non-hydrogen) atoms. The molecule has 1 N–H and O–H groups in total. The normalized spacial score (nSPS) is 10.4. The first kappa shape index (κ1) is 17.6. The summed E-state index contributed by atoms with van der Waals surface area (Å²) in [6, 6.07) is 9.47. The maximum Gasteiger partial charge on any atom is 0.224 e. The zero-order valence-corrected chi connectivity index (χ0v) is 14.0. The summed E-state index contributed by atoms with van der Waals surface area (Å²) in [4.78, 5) is 11.8. The summed E-state index contributed by atoms with van der Waals surface area (Å²) in [5.74, 6) is -0.0971. The third-order valence-electron chi connectivity index (χ3n) is 3.15. The van der Waals surface area contributed by atoms with Gasteiger partial charge < -0.3 is 10.1 Å². The van der Waals surface area contributed by atoms with Gasteiger partial charge in [0.15, 0.2) is 0 Å². The summed E-state index contributed by atoms with van der Waals surface area (Å²) >= 11 is 11.5. The van der Waals surface area contributed by atoms with Crippen molar-refractivity contribution in [3.63, 3.8) is 0 Å². The molecule has 0 unspecified atom stereocenters. The monoisotopic (exact) mass is 355 g/mol. The second-order valence-corrected chi connectivity index (χ2v) is 5.91. The first-order valence-electron chi connectivity index (χ1n) is 7.09. The van der Waals surface area contributed by atoms with Crippen LogP contribution in [0.1, 0.15) is 18.4 Å². The number of amides is 1. The Morgan fingerprint density at radius 2 is 1.87 bits per heavy atom. The molecule has 0 heterocycles. The van der Waals surface area contributed by atoms with Gasteiger partial charge in [-0.1, -0.05) is 23.2 Å². The van der Waals surface area contributed by atoms with Gasteiger partial charge in [-0.2, -0.15) is 0 Å². The predicted octanol–water partition coefficient (Wildman–Crippen LogP) is 5.24. The van der Waals surface area contributed by atoms with Gasteiger partial charge in [-0.05, 0) is 55.3 Å². The molecule has 0 radical (unpaired) electrons. The molecule has 0 bridgehead atoms. The number of halogens is 3. The number of carbonyl (C=O) groups is 1. The van der Waals surface area contributed by atoms with Crippen molar-refractivity contribution in [3.8, 4) is 5.75 Å². The first-order valence-corrected chi connectivity index (χ1v) is 7.85. The van der Waals surface area contributed by atoms with E-state index >= 15 is 0 Å². The van der Waals surface area contributed by atoms with Gasteiger partial charge in [0, 0.05) is 16.5 Å². The summed E-state index contributed by atoms with van der Waals surface area (Å²) in [5.41, 5.74) is 1.05. The molecule has 0 spiro atoms. The minimum absolute atomic E-state index is 0.119. The lowest BCUT2D eigenvalue weighted by Crippen LogP contribution is -2.13. The van der Waals surface area contributed by atoms with Crippen LogP contribution in [0.5, 0.6) is 5.75 Å². The number of benzene rings is 2. The number of nitrogens with one attached hydrogen (secondary N) is 1. The van der Waals surface area contributed by atoms with E-state index in [0.29, 0.717) is 18.1 Å². The lowest BCUT2D eigenvalue weighted by Gasteiger charge is -2.10. The molecule has 2 rings (SSSR count). The number of anilines is 1. The third kappa shape index (κ3) is 5.41. The average molecular weight is 356 g/mol. The van der Waals surface area contributed by atoms with Crippen molar-refractivity contribution >= 4 is 34.8 Å². The van der Waals surface area contributed by atoms with E-state index < -0.39 is 5.82 Å². The topological polar surface area (TPSA) is 38.3 Å². The summed E-state index contributed by atoms with van der Waals surface area (Å²) in [6.45, 7) is 2.29. The first-order chi connectivity index (χ1) is 11.0. The molecule has 3 nitrogen and oxygen atoms in total. The molecule has 1 amide bonds. The highest BCUT2D eigenvalue weighted by atomic mass is 35.5. The SMILES string of the molecule is Cc1cc(Cl)ccc1OCCCC(=O)Nc1ccc(Cl)cc1F. The van der Waals surface area contributed by atoms with E-state index in [-0.39, 0.29) is 23.0 Å². The molecule has 6 heteroatoms. The number of hydrogen-bond donors (Lipinski definition) is 1. The van der Waals surface area contributed by atoms with Crippen LogP contribution in [0.15, 0.2) is 36.4 Å². The lowest BCUT2D eigenvalue weighted by molar-refractivity contribution is -0.116. The van der Waals surface area contributed by atoms with E-state index in [9.17, 15) is 9.18 Å². The maximum absolute atomic E-state index is 13.6. The van der Waals surface area contributed by atoms with Crippen molar-refractivity contribution in [1.82, 2.24) is 0 Å². The molecular weight excluding hydrogens is 340 g/mol. The van der Waals surface area contributed by atoms with Crippen LogP contribution in [0.2, 0.25) is 10.0 Å². The molecular formula is C17H16Cl2FNO2. The molecule has 0 saturated heterocycles. The van der Waals surface area contributed by atoms with Crippen molar-refractivity contribution < 1.29 is 13.9 Å². The largest absolute Gasteiger partial charge is 0.493 e. The minimum atomic E-state index is -0.557. The number of carbonyl (C=O) groups excluding carboxylic acids is 1. The summed E-state index contributed by atoms with van der Waals surface area (Å²) in [5, 5.41) is 3.45. The van der Waals surface area contributed by atoms with E-state index in [0.717, 1.165) is 17.4 Å². The summed E-state index contributed by atoms with van der Waals surface area (Å²) < 4.78 is 19.2. The molecule has 0 aliphatic rings. The maximum atomic E-state index is 13.6. The van der Waals surface area contributed by atoms with Gasteiger partial charge in [0.2, 0.25) is 5.91 Å². The Labute approximate surface area is 144 Å². The van der Waals surface area contributed by atoms with Gasteiger partial charge in [0.05, 0.1) is 12.3 Å². The van der Waals surface area contributed by atoms with Crippen LogP contribution in [-0.4, -0.2) is 12.5 Å². The van der Waals surface area contributed by atoms with Gasteiger partial charge in [-0.25, -0.2) is 4.39 Å². The second-order valence-electron chi connectivity index (χ2n) is 5.03. The summed E-state index contributed by atoms with van der Waals surface area (Å²) in [6.07, 6.45) is 0.748. The van der Waals surface area contributed by atoms with Crippen molar-refractivity contribution in [2.24, 2.45) is 0 Å². The highest BCUT2D eigenvalue weighted by Gasteiger charge is 2.08. The zero-order valence-electron chi connectivity index (χ0n) is 12.5. The quantitative estimate of drug-likeness (QED) is 0.719. The van der Waals surface area contributed by atoms with Crippen LogP contribution in [0.3, 0.4) is 0 Å². The molecule has 0 aliphatic heterocycles. The van der Waals surface area contributed by atoms with Crippen LogP contribution in [0.25, 0.3) is 0 Å². The number of hydrogen-bond acceptors (Lipinski definition) is 2. The van der Waals surface area contributed by atoms with Gasteiger partial charge in [-0.15, -0.1) is 0 Å². The van der Waals surface area contributed by atoms with E-state index in [1.165, 1.54) is 12.1 Å². The fourth-order valence-electron chi connectivity index (χ4n) is 1.99. The van der Waals surface area contributed by atoms with Gasteiger partial charge >= 0.3 is 0 Å². The molecule has 2 aromatic rings. The fourth-order valence-corrected chi connectivity index (χ4v) is 2.38. The van der Waals surface area contributed by atoms with Crippen molar-refractivity contribution in [2.45, 2.75) is 19.8 Å². The van der Waals surface area contributed by atoms with Gasteiger partial charge in [0.1, 0.15) is 11.6 Å². The highest BCUT2D eigenvalue weighted by Crippen LogP contribution is 2.22. The zero-order chi connectivity index (χ0) is 16.8. The molecule has 0 saturated carbocycles. The molecule has 0 aliphatic carbocycles. The predicted molar refractivity (Wildman–Crippen MR) is 91.0 cm³/mol. The van der Waals surface area contributed by atoms with Crippen molar-refractivity contribution in [3.05, 3.63) is 57.8 Å². The standard InChI is InChI=1S/C17H16Cl2FNO2/c1-11-9-12(18)5-7-16(11)23-8-2-3-17(22)21-15-6-4-13(19)10-14(15)20/h4-7,9-10H,2-3,8H2,1H3,(H,21,22). The number of rotatable bonds is 6. The molecule has 2 aromatic carbocycles. The van der Waals surface area contributed by atoms with E-state index in [4.69, 9.17) is 27.9 Å². The van der Waals surface area contributed by atoms with Gasteiger partial charge in [0.25, 0.3) is 0 Å². The van der Waals surface area contributed by atoms with Crippen molar-refractivity contribution in [2.75, 3.05) is 11.9 Å².